The van der Waals surface area contributed by atoms with Crippen LogP contribution in [-0.4, -0.2) is 5.97 Å². The largest absolute Gasteiger partial charge is 0.456 e. The van der Waals surface area contributed by atoms with Crippen molar-refractivity contribution in [3.8, 4) is 11.5 Å². The van der Waals surface area contributed by atoms with Crippen molar-refractivity contribution in [2.24, 2.45) is 0 Å². The summed E-state index contributed by atoms with van der Waals surface area (Å²) >= 11 is 0. The molecule has 0 aliphatic carbocycles. The van der Waals surface area contributed by atoms with Crippen molar-refractivity contribution in [1.29, 1.82) is 0 Å². The van der Waals surface area contributed by atoms with Crippen LogP contribution >= 0.6 is 0 Å². The molecular weight excluding hydrogens is 252 g/mol. The van der Waals surface area contributed by atoms with E-state index in [4.69, 9.17) is 9.47 Å². The Kier molecular flexibility index (Phi) is 2.11. The second-order valence-electron chi connectivity index (χ2n) is 5.02. The summed E-state index contributed by atoms with van der Waals surface area (Å²) in [6.07, 6.45) is 1.55. The fourth-order valence-electron chi connectivity index (χ4n) is 3.03. The Hall–Kier alpha value is -2.55. The molecule has 3 nitrogen and oxygen atoms in total. The van der Waals surface area contributed by atoms with Gasteiger partial charge in [0.05, 0.1) is 0 Å². The number of esters is 1. The van der Waals surface area contributed by atoms with E-state index in [0.29, 0.717) is 0 Å². The maximum atomic E-state index is 11.8. The predicted octanol–water partition coefficient (Wildman–Crippen LogP) is 3.54. The van der Waals surface area contributed by atoms with E-state index >= 15 is 0 Å². The fourth-order valence-corrected chi connectivity index (χ4v) is 3.03. The normalized spacial score (nSPS) is 17.9. The Labute approximate surface area is 116 Å². The van der Waals surface area contributed by atoms with E-state index in [0.717, 1.165) is 28.2 Å². The van der Waals surface area contributed by atoms with Crippen molar-refractivity contribution >= 4 is 5.97 Å². The standard InChI is InChI=1S/C17H12O3/c1-11-10-16(18)20-17(11)12-6-2-4-8-14(12)19-15-9-5-3-7-13(15)17/h2-10H,1H3. The zero-order valence-corrected chi connectivity index (χ0v) is 10.9. The van der Waals surface area contributed by atoms with Gasteiger partial charge in [0.15, 0.2) is 5.60 Å². The van der Waals surface area contributed by atoms with Crippen LogP contribution in [0, 0.1) is 0 Å². The third-order valence-corrected chi connectivity index (χ3v) is 3.90. The third-order valence-electron chi connectivity index (χ3n) is 3.90. The Morgan fingerprint density at radius 1 is 0.900 bits per heavy atom. The lowest BCUT2D eigenvalue weighted by Gasteiger charge is -2.37. The monoisotopic (exact) mass is 264 g/mol. The van der Waals surface area contributed by atoms with Gasteiger partial charge >= 0.3 is 5.97 Å². The molecule has 2 aliphatic heterocycles. The quantitative estimate of drug-likeness (QED) is 0.683. The third kappa shape index (κ3) is 1.27. The number of rotatable bonds is 0. The number of hydrogen-bond donors (Lipinski definition) is 0. The first-order valence-electron chi connectivity index (χ1n) is 6.50. The van der Waals surface area contributed by atoms with Gasteiger partial charge in [0.2, 0.25) is 0 Å². The Morgan fingerprint density at radius 2 is 1.45 bits per heavy atom. The van der Waals surface area contributed by atoms with Crippen LogP contribution in [0.15, 0.2) is 60.2 Å². The van der Waals surface area contributed by atoms with Crippen LogP contribution in [-0.2, 0) is 15.1 Å². The van der Waals surface area contributed by atoms with Crippen LogP contribution in [0.25, 0.3) is 0 Å². The molecule has 98 valence electrons. The number of benzene rings is 2. The second kappa shape index (κ2) is 3.73. The van der Waals surface area contributed by atoms with Gasteiger partial charge < -0.3 is 9.47 Å². The van der Waals surface area contributed by atoms with Gasteiger partial charge in [-0.05, 0) is 24.6 Å². The molecule has 20 heavy (non-hydrogen) atoms. The van der Waals surface area contributed by atoms with Crippen molar-refractivity contribution in [3.05, 3.63) is 71.3 Å². The molecule has 0 saturated carbocycles. The molecule has 0 aromatic heterocycles. The van der Waals surface area contributed by atoms with E-state index in [1.54, 1.807) is 6.08 Å². The van der Waals surface area contributed by atoms with Crippen LogP contribution in [0.4, 0.5) is 0 Å². The van der Waals surface area contributed by atoms with Gasteiger partial charge in [-0.15, -0.1) is 0 Å². The molecule has 0 unspecified atom stereocenters. The first-order chi connectivity index (χ1) is 9.72. The number of carbonyl (C=O) groups is 1. The Morgan fingerprint density at radius 3 is 1.95 bits per heavy atom. The SMILES string of the molecule is CC1=CC(=O)OC12c1ccccc1Oc1ccccc12. The van der Waals surface area contributed by atoms with Crippen LogP contribution in [0.3, 0.4) is 0 Å². The molecule has 0 fully saturated rings. The van der Waals surface area contributed by atoms with E-state index in [1.807, 2.05) is 55.5 Å². The molecule has 0 radical (unpaired) electrons. The zero-order valence-electron chi connectivity index (χ0n) is 10.9. The number of hydrogen-bond acceptors (Lipinski definition) is 3. The van der Waals surface area contributed by atoms with Crippen LogP contribution < -0.4 is 4.74 Å². The average molecular weight is 264 g/mol. The first-order valence-corrected chi connectivity index (χ1v) is 6.50. The van der Waals surface area contributed by atoms with Crippen molar-refractivity contribution < 1.29 is 14.3 Å². The van der Waals surface area contributed by atoms with Crippen molar-refractivity contribution in [2.75, 3.05) is 0 Å². The minimum atomic E-state index is -0.845. The molecular formula is C17H12O3. The number of carbonyl (C=O) groups excluding carboxylic acids is 1. The Bertz CT molecular complexity index is 713. The van der Waals surface area contributed by atoms with Gasteiger partial charge in [0.1, 0.15) is 11.5 Å². The zero-order chi connectivity index (χ0) is 13.7. The number of ether oxygens (including phenoxy) is 2. The summed E-state index contributed by atoms with van der Waals surface area (Å²) in [7, 11) is 0. The van der Waals surface area contributed by atoms with E-state index in [-0.39, 0.29) is 5.97 Å². The molecule has 4 rings (SSSR count). The van der Waals surface area contributed by atoms with E-state index < -0.39 is 5.60 Å². The van der Waals surface area contributed by atoms with Crippen LogP contribution in [0.2, 0.25) is 0 Å². The number of para-hydroxylation sites is 2. The highest BCUT2D eigenvalue weighted by molar-refractivity contribution is 5.88. The average Bonchev–Trinajstić information content (AvgIpc) is 2.75. The highest BCUT2D eigenvalue weighted by atomic mass is 16.6. The summed E-state index contributed by atoms with van der Waals surface area (Å²) in [6.45, 7) is 1.92. The number of fused-ring (bicyclic) bond motifs is 4. The molecule has 1 spiro atoms. The second-order valence-corrected chi connectivity index (χ2v) is 5.02. The molecule has 2 aliphatic rings. The molecule has 2 aromatic rings. The van der Waals surface area contributed by atoms with Gasteiger partial charge in [-0.2, -0.15) is 0 Å². The van der Waals surface area contributed by atoms with Gasteiger partial charge in [-0.25, -0.2) is 4.79 Å². The van der Waals surface area contributed by atoms with E-state index in [2.05, 4.69) is 0 Å². The van der Waals surface area contributed by atoms with Crippen LogP contribution in [0.5, 0.6) is 11.5 Å². The highest BCUT2D eigenvalue weighted by Gasteiger charge is 2.50. The Balaban J connectivity index is 2.08. The lowest BCUT2D eigenvalue weighted by molar-refractivity contribution is -0.144. The van der Waals surface area contributed by atoms with Gasteiger partial charge in [-0.3, -0.25) is 0 Å². The molecule has 2 aromatic carbocycles. The molecule has 2 heterocycles. The predicted molar refractivity (Wildman–Crippen MR) is 73.6 cm³/mol. The fraction of sp³-hybridized carbons (Fsp3) is 0.118. The summed E-state index contributed by atoms with van der Waals surface area (Å²) in [4.78, 5) is 11.8. The lowest BCUT2D eigenvalue weighted by Crippen LogP contribution is -2.33. The first kappa shape index (κ1) is 11.3. The van der Waals surface area contributed by atoms with Crippen molar-refractivity contribution in [3.63, 3.8) is 0 Å². The smallest absolute Gasteiger partial charge is 0.332 e. The summed E-state index contributed by atoms with van der Waals surface area (Å²) in [5.74, 6) is 1.15. The van der Waals surface area contributed by atoms with Crippen LogP contribution in [0.1, 0.15) is 18.1 Å². The van der Waals surface area contributed by atoms with E-state index in [9.17, 15) is 4.79 Å². The maximum absolute atomic E-state index is 11.8. The molecule has 0 amide bonds. The van der Waals surface area contributed by atoms with Gasteiger partial charge in [-0.1, -0.05) is 36.4 Å². The summed E-state index contributed by atoms with van der Waals surface area (Å²) in [5, 5.41) is 0. The van der Waals surface area contributed by atoms with Crippen molar-refractivity contribution in [1.82, 2.24) is 0 Å². The van der Waals surface area contributed by atoms with Crippen molar-refractivity contribution in [2.45, 2.75) is 12.5 Å². The highest BCUT2D eigenvalue weighted by Crippen LogP contribution is 2.54. The maximum Gasteiger partial charge on any atom is 0.332 e. The summed E-state index contributed by atoms with van der Waals surface area (Å²) < 4.78 is 11.7. The van der Waals surface area contributed by atoms with Gasteiger partial charge in [0, 0.05) is 17.2 Å². The molecule has 0 N–H and O–H groups in total. The summed E-state index contributed by atoms with van der Waals surface area (Å²) in [6, 6.07) is 15.4. The molecule has 0 atom stereocenters. The summed E-state index contributed by atoms with van der Waals surface area (Å²) in [5.41, 5.74) is 1.78. The minimum absolute atomic E-state index is 0.311. The van der Waals surface area contributed by atoms with Gasteiger partial charge in [0.25, 0.3) is 0 Å². The molecule has 0 bridgehead atoms. The topological polar surface area (TPSA) is 35.5 Å². The molecule has 3 heteroatoms. The van der Waals surface area contributed by atoms with E-state index in [1.165, 1.54) is 0 Å². The minimum Gasteiger partial charge on any atom is -0.456 e. The lowest BCUT2D eigenvalue weighted by atomic mass is 9.79. The molecule has 0 saturated heterocycles.